The summed E-state index contributed by atoms with van der Waals surface area (Å²) in [4.78, 5) is 4.19. The van der Waals surface area contributed by atoms with Crippen molar-refractivity contribution in [3.05, 3.63) is 20.3 Å². The van der Waals surface area contributed by atoms with E-state index in [2.05, 4.69) is 46.1 Å². The highest BCUT2D eigenvalue weighted by Crippen LogP contribution is 2.36. The van der Waals surface area contributed by atoms with Crippen molar-refractivity contribution in [1.29, 1.82) is 0 Å². The molecule has 1 saturated heterocycles. The highest BCUT2D eigenvalue weighted by Gasteiger charge is 2.23. The van der Waals surface area contributed by atoms with Crippen molar-refractivity contribution in [3.8, 4) is 0 Å². The SMILES string of the molecule is CCCC[C@H](c1cc(C)c(Br)s1)N1CCNCC1. The van der Waals surface area contributed by atoms with Crippen LogP contribution in [0.3, 0.4) is 0 Å². The second kappa shape index (κ2) is 7.04. The number of hydrogen-bond donors (Lipinski definition) is 1. The van der Waals surface area contributed by atoms with Crippen molar-refractivity contribution >= 4 is 27.3 Å². The fraction of sp³-hybridized carbons (Fsp3) is 0.714. The number of halogens is 1. The lowest BCUT2D eigenvalue weighted by Gasteiger charge is -2.34. The van der Waals surface area contributed by atoms with E-state index < -0.39 is 0 Å². The first kappa shape index (κ1) is 14.5. The van der Waals surface area contributed by atoms with Gasteiger partial charge in [0, 0.05) is 37.1 Å². The number of nitrogens with one attached hydrogen (secondary N) is 1. The summed E-state index contributed by atoms with van der Waals surface area (Å²) in [5, 5.41) is 3.45. The van der Waals surface area contributed by atoms with Crippen LogP contribution in [0.25, 0.3) is 0 Å². The summed E-state index contributed by atoms with van der Waals surface area (Å²) in [6.07, 6.45) is 3.90. The van der Waals surface area contributed by atoms with Gasteiger partial charge in [-0.3, -0.25) is 4.90 Å². The van der Waals surface area contributed by atoms with Gasteiger partial charge in [0.25, 0.3) is 0 Å². The zero-order chi connectivity index (χ0) is 13.0. The van der Waals surface area contributed by atoms with Gasteiger partial charge in [0.2, 0.25) is 0 Å². The van der Waals surface area contributed by atoms with E-state index in [9.17, 15) is 0 Å². The second-order valence-corrected chi connectivity index (χ2v) is 7.45. The summed E-state index contributed by atoms with van der Waals surface area (Å²) in [6, 6.07) is 3.00. The fourth-order valence-electron chi connectivity index (χ4n) is 2.54. The molecule has 1 atom stereocenters. The molecule has 18 heavy (non-hydrogen) atoms. The Balaban J connectivity index is 2.12. The molecular formula is C14H23BrN2S. The molecule has 0 spiro atoms. The quantitative estimate of drug-likeness (QED) is 0.879. The molecule has 1 N–H and O–H groups in total. The molecule has 102 valence electrons. The fourth-order valence-corrected chi connectivity index (χ4v) is 4.28. The molecule has 2 rings (SSSR count). The molecule has 0 aromatic carbocycles. The zero-order valence-electron chi connectivity index (χ0n) is 11.3. The highest BCUT2D eigenvalue weighted by molar-refractivity contribution is 9.11. The number of nitrogens with zero attached hydrogens (tertiary/aromatic N) is 1. The summed E-state index contributed by atoms with van der Waals surface area (Å²) in [7, 11) is 0. The lowest BCUT2D eigenvalue weighted by atomic mass is 10.1. The predicted molar refractivity (Wildman–Crippen MR) is 83.5 cm³/mol. The van der Waals surface area contributed by atoms with Crippen molar-refractivity contribution in [2.24, 2.45) is 0 Å². The number of rotatable bonds is 5. The van der Waals surface area contributed by atoms with Crippen LogP contribution in [0.15, 0.2) is 9.85 Å². The summed E-state index contributed by atoms with van der Waals surface area (Å²) in [5.41, 5.74) is 1.38. The van der Waals surface area contributed by atoms with Crippen molar-refractivity contribution < 1.29 is 0 Å². The largest absolute Gasteiger partial charge is 0.314 e. The molecule has 2 nitrogen and oxygen atoms in total. The van der Waals surface area contributed by atoms with Crippen LogP contribution in [-0.4, -0.2) is 31.1 Å². The van der Waals surface area contributed by atoms with E-state index in [0.717, 1.165) is 13.1 Å². The molecule has 1 aliphatic rings. The lowest BCUT2D eigenvalue weighted by Crippen LogP contribution is -2.45. The molecule has 0 unspecified atom stereocenters. The standard InChI is InChI=1S/C14H23BrN2S/c1-3-4-5-12(17-8-6-16-7-9-17)13-10-11(2)14(15)18-13/h10,12,16H,3-9H2,1-2H3/t12-/m1/s1. The van der Waals surface area contributed by atoms with Crippen molar-refractivity contribution in [3.63, 3.8) is 0 Å². The van der Waals surface area contributed by atoms with E-state index in [1.807, 2.05) is 11.3 Å². The summed E-state index contributed by atoms with van der Waals surface area (Å²) in [6.45, 7) is 9.11. The van der Waals surface area contributed by atoms with Gasteiger partial charge >= 0.3 is 0 Å². The Morgan fingerprint density at radius 3 is 2.72 bits per heavy atom. The smallest absolute Gasteiger partial charge is 0.0731 e. The molecule has 1 aromatic heterocycles. The Hall–Kier alpha value is 0.1000. The average molecular weight is 331 g/mol. The topological polar surface area (TPSA) is 15.3 Å². The van der Waals surface area contributed by atoms with Crippen LogP contribution in [0.5, 0.6) is 0 Å². The molecule has 0 saturated carbocycles. The summed E-state index contributed by atoms with van der Waals surface area (Å²) in [5.74, 6) is 0. The normalized spacial score (nSPS) is 19.1. The number of thiophene rings is 1. The highest BCUT2D eigenvalue weighted by atomic mass is 79.9. The maximum Gasteiger partial charge on any atom is 0.0731 e. The lowest BCUT2D eigenvalue weighted by molar-refractivity contribution is 0.165. The monoisotopic (exact) mass is 330 g/mol. The first-order chi connectivity index (χ1) is 8.72. The van der Waals surface area contributed by atoms with Gasteiger partial charge in [-0.15, -0.1) is 11.3 Å². The van der Waals surface area contributed by atoms with Crippen LogP contribution in [0.4, 0.5) is 0 Å². The summed E-state index contributed by atoms with van der Waals surface area (Å²) >= 11 is 5.59. The number of hydrogen-bond acceptors (Lipinski definition) is 3. The second-order valence-electron chi connectivity index (χ2n) is 5.05. The Morgan fingerprint density at radius 2 is 2.17 bits per heavy atom. The minimum atomic E-state index is 0.627. The van der Waals surface area contributed by atoms with E-state index in [1.165, 1.54) is 46.6 Å². The van der Waals surface area contributed by atoms with E-state index in [-0.39, 0.29) is 0 Å². The Bertz CT molecular complexity index is 352. The van der Waals surface area contributed by atoms with Crippen LogP contribution in [-0.2, 0) is 0 Å². The van der Waals surface area contributed by atoms with Gasteiger partial charge in [-0.2, -0.15) is 0 Å². The Morgan fingerprint density at radius 1 is 1.44 bits per heavy atom. The van der Waals surface area contributed by atoms with Gasteiger partial charge in [-0.25, -0.2) is 0 Å². The molecule has 4 heteroatoms. The Labute approximate surface area is 123 Å². The number of piperazine rings is 1. The van der Waals surface area contributed by atoms with Crippen LogP contribution >= 0.6 is 27.3 Å². The third-order valence-corrected chi connectivity index (χ3v) is 5.87. The maximum atomic E-state index is 3.66. The molecule has 2 heterocycles. The van der Waals surface area contributed by atoms with Gasteiger partial charge in [-0.05, 0) is 40.9 Å². The van der Waals surface area contributed by atoms with E-state index >= 15 is 0 Å². The Kier molecular flexibility index (Phi) is 5.67. The van der Waals surface area contributed by atoms with Gasteiger partial charge in [0.15, 0.2) is 0 Å². The van der Waals surface area contributed by atoms with Crippen LogP contribution in [0.2, 0.25) is 0 Å². The van der Waals surface area contributed by atoms with Crippen molar-refractivity contribution in [2.75, 3.05) is 26.2 Å². The zero-order valence-corrected chi connectivity index (χ0v) is 13.7. The first-order valence-electron chi connectivity index (χ1n) is 6.93. The summed E-state index contributed by atoms with van der Waals surface area (Å²) < 4.78 is 1.30. The van der Waals surface area contributed by atoms with Crippen molar-refractivity contribution in [1.82, 2.24) is 10.2 Å². The maximum absolute atomic E-state index is 3.66. The van der Waals surface area contributed by atoms with Crippen LogP contribution in [0.1, 0.15) is 42.7 Å². The number of unbranched alkanes of at least 4 members (excludes halogenated alkanes) is 1. The third-order valence-electron chi connectivity index (χ3n) is 3.63. The molecule has 1 fully saturated rings. The van der Waals surface area contributed by atoms with E-state index in [1.54, 1.807) is 0 Å². The van der Waals surface area contributed by atoms with Gasteiger partial charge in [-0.1, -0.05) is 19.8 Å². The molecule has 0 radical (unpaired) electrons. The molecule has 0 amide bonds. The molecule has 1 aliphatic heterocycles. The molecule has 0 bridgehead atoms. The van der Waals surface area contributed by atoms with Gasteiger partial charge in [0.1, 0.15) is 0 Å². The molecule has 1 aromatic rings. The van der Waals surface area contributed by atoms with Gasteiger partial charge < -0.3 is 5.32 Å². The number of aryl methyl sites for hydroxylation is 1. The van der Waals surface area contributed by atoms with Crippen molar-refractivity contribution in [2.45, 2.75) is 39.2 Å². The first-order valence-corrected chi connectivity index (χ1v) is 8.54. The van der Waals surface area contributed by atoms with E-state index in [0.29, 0.717) is 6.04 Å². The third kappa shape index (κ3) is 3.56. The van der Waals surface area contributed by atoms with Gasteiger partial charge in [0.05, 0.1) is 3.79 Å². The average Bonchev–Trinajstić information content (AvgIpc) is 2.71. The van der Waals surface area contributed by atoms with Crippen LogP contribution < -0.4 is 5.32 Å². The van der Waals surface area contributed by atoms with E-state index in [4.69, 9.17) is 0 Å². The van der Waals surface area contributed by atoms with Crippen LogP contribution in [0, 0.1) is 6.92 Å². The minimum absolute atomic E-state index is 0.627. The predicted octanol–water partition coefficient (Wildman–Crippen LogP) is 3.96. The molecular weight excluding hydrogens is 308 g/mol. The minimum Gasteiger partial charge on any atom is -0.314 e. The molecule has 0 aliphatic carbocycles.